The highest BCUT2D eigenvalue weighted by Gasteiger charge is 2.09. The second-order valence-electron chi connectivity index (χ2n) is 4.10. The summed E-state index contributed by atoms with van der Waals surface area (Å²) in [5, 5.41) is 14.6. The van der Waals surface area contributed by atoms with Gasteiger partial charge in [-0.1, -0.05) is 11.6 Å². The lowest BCUT2D eigenvalue weighted by Gasteiger charge is -2.06. The molecule has 2 aromatic rings. The smallest absolute Gasteiger partial charge is 0.225 e. The summed E-state index contributed by atoms with van der Waals surface area (Å²) in [6, 6.07) is 9.02. The third-order valence-corrected chi connectivity index (χ3v) is 4.75. The third kappa shape index (κ3) is 4.39. The Morgan fingerprint density at radius 2 is 2.29 bits per heavy atom. The van der Waals surface area contributed by atoms with E-state index in [1.807, 2.05) is 12.1 Å². The fraction of sp³-hybridized carbons (Fsp3) is 0.143. The van der Waals surface area contributed by atoms with Crippen molar-refractivity contribution in [1.29, 1.82) is 5.26 Å². The molecule has 1 aromatic carbocycles. The average Bonchev–Trinajstić information content (AvgIpc) is 2.88. The summed E-state index contributed by atoms with van der Waals surface area (Å²) in [7, 11) is 0. The molecule has 0 aliphatic rings. The summed E-state index contributed by atoms with van der Waals surface area (Å²) < 4.78 is 0. The number of carbonyl (C=O) groups excluding carboxylic acids is 1. The van der Waals surface area contributed by atoms with Crippen molar-refractivity contribution in [1.82, 2.24) is 0 Å². The fourth-order valence-electron chi connectivity index (χ4n) is 1.59. The van der Waals surface area contributed by atoms with E-state index in [4.69, 9.17) is 22.6 Å². The van der Waals surface area contributed by atoms with Crippen molar-refractivity contribution in [3.05, 3.63) is 40.2 Å². The Labute approximate surface area is 135 Å². The molecule has 3 N–H and O–H groups in total. The zero-order valence-corrected chi connectivity index (χ0v) is 13.3. The second-order valence-corrected chi connectivity index (χ2v) is 6.59. The molecule has 0 aliphatic carbocycles. The van der Waals surface area contributed by atoms with E-state index in [9.17, 15) is 4.79 Å². The number of hydrogen-bond donors (Lipinski definition) is 2. The van der Waals surface area contributed by atoms with E-state index in [1.165, 1.54) is 23.1 Å². The predicted octanol–water partition coefficient (Wildman–Crippen LogP) is 3.98. The zero-order valence-electron chi connectivity index (χ0n) is 10.9. The van der Waals surface area contributed by atoms with E-state index in [0.717, 1.165) is 4.90 Å². The van der Waals surface area contributed by atoms with Crippen LogP contribution in [0.25, 0.3) is 0 Å². The van der Waals surface area contributed by atoms with E-state index >= 15 is 0 Å². The molecule has 108 valence electrons. The Morgan fingerprint density at radius 3 is 3.00 bits per heavy atom. The van der Waals surface area contributed by atoms with Gasteiger partial charge in [-0.25, -0.2) is 0 Å². The third-order valence-electron chi connectivity index (χ3n) is 2.60. The second kappa shape index (κ2) is 7.36. The fourth-order valence-corrected chi connectivity index (χ4v) is 3.42. The Balaban J connectivity index is 1.83. The van der Waals surface area contributed by atoms with Crippen molar-refractivity contribution in [2.75, 3.05) is 16.8 Å². The van der Waals surface area contributed by atoms with Crippen LogP contribution in [0, 0.1) is 11.3 Å². The minimum absolute atomic E-state index is 0.117. The Bertz CT molecular complexity index is 694. The zero-order chi connectivity index (χ0) is 15.2. The molecular formula is C14H12ClN3OS2. The molecule has 0 spiro atoms. The first-order chi connectivity index (χ1) is 10.1. The Hall–Kier alpha value is -1.68. The molecule has 1 aromatic heterocycles. The SMILES string of the molecule is N#Cc1ccsc1NC(=O)CCSc1ccc(Cl)cc1N. The molecule has 0 saturated heterocycles. The van der Waals surface area contributed by atoms with Crippen molar-refractivity contribution >= 4 is 51.3 Å². The van der Waals surface area contributed by atoms with Crippen LogP contribution in [0.4, 0.5) is 10.7 Å². The summed E-state index contributed by atoms with van der Waals surface area (Å²) in [6.07, 6.45) is 0.343. The number of thiophene rings is 1. The number of nitrogens with zero attached hydrogens (tertiary/aromatic N) is 1. The number of nitrogens with two attached hydrogens (primary N) is 1. The molecule has 0 fully saturated rings. The molecule has 1 amide bonds. The molecule has 0 bridgehead atoms. The van der Waals surface area contributed by atoms with E-state index < -0.39 is 0 Å². The minimum atomic E-state index is -0.117. The van der Waals surface area contributed by atoms with Crippen LogP contribution >= 0.6 is 34.7 Å². The maximum absolute atomic E-state index is 11.8. The lowest BCUT2D eigenvalue weighted by atomic mass is 10.3. The van der Waals surface area contributed by atoms with Gasteiger partial charge in [-0.3, -0.25) is 4.79 Å². The first-order valence-corrected chi connectivity index (χ1v) is 8.29. The molecule has 0 atom stereocenters. The summed E-state index contributed by atoms with van der Waals surface area (Å²) in [5.74, 6) is 0.485. The summed E-state index contributed by atoms with van der Waals surface area (Å²) in [6.45, 7) is 0. The standard InChI is InChI=1S/C14H12ClN3OS2/c15-10-1-2-12(11(17)7-10)20-6-4-13(19)18-14-9(8-16)3-5-21-14/h1-3,5,7H,4,6,17H2,(H,18,19). The van der Waals surface area contributed by atoms with Crippen LogP contribution in [-0.2, 0) is 4.79 Å². The van der Waals surface area contributed by atoms with Gasteiger partial charge in [0, 0.05) is 27.8 Å². The van der Waals surface area contributed by atoms with Gasteiger partial charge in [0.25, 0.3) is 0 Å². The molecule has 0 unspecified atom stereocenters. The monoisotopic (exact) mass is 337 g/mol. The molecular weight excluding hydrogens is 326 g/mol. The molecule has 1 heterocycles. The van der Waals surface area contributed by atoms with Gasteiger partial charge in [0.1, 0.15) is 11.1 Å². The van der Waals surface area contributed by atoms with Crippen molar-refractivity contribution < 1.29 is 4.79 Å². The van der Waals surface area contributed by atoms with Crippen LogP contribution < -0.4 is 11.1 Å². The van der Waals surface area contributed by atoms with Crippen molar-refractivity contribution in [3.63, 3.8) is 0 Å². The lowest BCUT2D eigenvalue weighted by Crippen LogP contribution is -2.11. The maximum atomic E-state index is 11.8. The topological polar surface area (TPSA) is 78.9 Å². The van der Waals surface area contributed by atoms with Crippen LogP contribution in [0.5, 0.6) is 0 Å². The number of nitrogen functional groups attached to an aromatic ring is 1. The first-order valence-electron chi connectivity index (χ1n) is 6.05. The van der Waals surface area contributed by atoms with Crippen LogP contribution in [0.3, 0.4) is 0 Å². The van der Waals surface area contributed by atoms with E-state index in [-0.39, 0.29) is 5.91 Å². The van der Waals surface area contributed by atoms with Crippen LogP contribution in [0.2, 0.25) is 5.02 Å². The van der Waals surface area contributed by atoms with Crippen LogP contribution in [0.1, 0.15) is 12.0 Å². The quantitative estimate of drug-likeness (QED) is 0.639. The van der Waals surface area contributed by atoms with Crippen molar-refractivity contribution in [2.45, 2.75) is 11.3 Å². The Morgan fingerprint density at radius 1 is 1.48 bits per heavy atom. The van der Waals surface area contributed by atoms with E-state index in [1.54, 1.807) is 23.6 Å². The number of carbonyl (C=O) groups is 1. The number of halogens is 1. The number of anilines is 2. The summed E-state index contributed by atoms with van der Waals surface area (Å²) in [5.41, 5.74) is 6.94. The number of nitrogens with one attached hydrogen (secondary N) is 1. The molecule has 7 heteroatoms. The molecule has 0 radical (unpaired) electrons. The highest BCUT2D eigenvalue weighted by molar-refractivity contribution is 7.99. The average molecular weight is 338 g/mol. The number of nitriles is 1. The van der Waals surface area contributed by atoms with Gasteiger partial charge in [0.2, 0.25) is 5.91 Å². The van der Waals surface area contributed by atoms with Gasteiger partial charge in [-0.2, -0.15) is 5.26 Å². The van der Waals surface area contributed by atoms with Gasteiger partial charge in [-0.05, 0) is 29.6 Å². The first kappa shape index (κ1) is 15.7. The maximum Gasteiger partial charge on any atom is 0.225 e. The molecule has 0 saturated carbocycles. The van der Waals surface area contributed by atoms with Crippen LogP contribution in [-0.4, -0.2) is 11.7 Å². The predicted molar refractivity (Wildman–Crippen MR) is 88.9 cm³/mol. The number of amides is 1. The molecule has 21 heavy (non-hydrogen) atoms. The highest BCUT2D eigenvalue weighted by atomic mass is 35.5. The Kier molecular flexibility index (Phi) is 5.51. The van der Waals surface area contributed by atoms with Crippen LogP contribution in [0.15, 0.2) is 34.5 Å². The largest absolute Gasteiger partial charge is 0.398 e. The minimum Gasteiger partial charge on any atom is -0.398 e. The van der Waals surface area contributed by atoms with Gasteiger partial charge in [0.15, 0.2) is 0 Å². The normalized spacial score (nSPS) is 10.1. The number of hydrogen-bond acceptors (Lipinski definition) is 5. The molecule has 0 aliphatic heterocycles. The van der Waals surface area contributed by atoms with Gasteiger partial charge >= 0.3 is 0 Å². The summed E-state index contributed by atoms with van der Waals surface area (Å²) in [4.78, 5) is 12.7. The lowest BCUT2D eigenvalue weighted by molar-refractivity contribution is -0.115. The summed E-state index contributed by atoms with van der Waals surface area (Å²) >= 11 is 8.67. The van der Waals surface area contributed by atoms with E-state index in [0.29, 0.717) is 33.4 Å². The van der Waals surface area contributed by atoms with Gasteiger partial charge < -0.3 is 11.1 Å². The number of benzene rings is 1. The van der Waals surface area contributed by atoms with Crippen molar-refractivity contribution in [2.24, 2.45) is 0 Å². The van der Waals surface area contributed by atoms with E-state index in [2.05, 4.69) is 5.32 Å². The molecule has 4 nitrogen and oxygen atoms in total. The van der Waals surface area contributed by atoms with Gasteiger partial charge in [0.05, 0.1) is 5.56 Å². The van der Waals surface area contributed by atoms with Crippen molar-refractivity contribution in [3.8, 4) is 6.07 Å². The van der Waals surface area contributed by atoms with Gasteiger partial charge in [-0.15, -0.1) is 23.1 Å². The highest BCUT2D eigenvalue weighted by Crippen LogP contribution is 2.28. The molecule has 2 rings (SSSR count). The number of rotatable bonds is 5. The number of thioether (sulfide) groups is 1.